The van der Waals surface area contributed by atoms with Crippen molar-refractivity contribution < 1.29 is 10.2 Å². The van der Waals surface area contributed by atoms with Gasteiger partial charge in [0.05, 0.1) is 11.2 Å². The van der Waals surface area contributed by atoms with Gasteiger partial charge in [-0.05, 0) is 56.3 Å². The van der Waals surface area contributed by atoms with Gasteiger partial charge in [-0.25, -0.2) is 0 Å². The number of rotatable bonds is 2. The van der Waals surface area contributed by atoms with Crippen LogP contribution in [0.2, 0.25) is 0 Å². The first kappa shape index (κ1) is 10.8. The fraction of sp³-hybridized carbons (Fsp3) is 0.857. The van der Waals surface area contributed by atoms with Crippen molar-refractivity contribution >= 4 is 0 Å². The molecule has 0 saturated heterocycles. The van der Waals surface area contributed by atoms with Crippen molar-refractivity contribution in [3.63, 3.8) is 0 Å². The van der Waals surface area contributed by atoms with E-state index in [-0.39, 0.29) is 0 Å². The maximum absolute atomic E-state index is 10.9. The van der Waals surface area contributed by atoms with Gasteiger partial charge in [0.15, 0.2) is 0 Å². The molecule has 0 heterocycles. The second kappa shape index (κ2) is 3.33. The summed E-state index contributed by atoms with van der Waals surface area (Å²) in [6.07, 6.45) is 8.53. The molecule has 2 nitrogen and oxygen atoms in total. The molecule has 5 unspecified atom stereocenters. The van der Waals surface area contributed by atoms with E-state index in [1.807, 2.05) is 6.08 Å². The maximum Gasteiger partial charge on any atom is 0.0739 e. The highest BCUT2D eigenvalue weighted by Crippen LogP contribution is 2.60. The Morgan fingerprint density at radius 2 is 1.94 bits per heavy atom. The zero-order valence-corrected chi connectivity index (χ0v) is 9.86. The lowest BCUT2D eigenvalue weighted by molar-refractivity contribution is -0.0905. The van der Waals surface area contributed by atoms with Crippen molar-refractivity contribution in [3.8, 4) is 0 Å². The third-order valence-electron chi connectivity index (χ3n) is 5.55. The van der Waals surface area contributed by atoms with Crippen LogP contribution >= 0.6 is 0 Å². The van der Waals surface area contributed by atoms with E-state index in [4.69, 9.17) is 0 Å². The SMILES string of the molecule is C=CCC1(O)C2CCCC3(O)CC1CC3C2. The maximum atomic E-state index is 10.9. The third kappa shape index (κ3) is 1.26. The lowest BCUT2D eigenvalue weighted by atomic mass is 9.66. The number of fused-ring (bicyclic) bond motifs is 2. The molecule has 0 amide bonds. The molecule has 3 aliphatic carbocycles. The fourth-order valence-corrected chi connectivity index (χ4v) is 4.71. The average Bonchev–Trinajstić information content (AvgIpc) is 2.43. The molecule has 0 aromatic carbocycles. The summed E-state index contributed by atoms with van der Waals surface area (Å²) in [4.78, 5) is 0. The van der Waals surface area contributed by atoms with Crippen LogP contribution in [0.5, 0.6) is 0 Å². The van der Waals surface area contributed by atoms with Gasteiger partial charge in [0, 0.05) is 0 Å². The molecule has 0 spiro atoms. The van der Waals surface area contributed by atoms with Crippen molar-refractivity contribution in [1.29, 1.82) is 0 Å². The highest BCUT2D eigenvalue weighted by molar-refractivity contribution is 5.13. The molecule has 90 valence electrons. The Morgan fingerprint density at radius 3 is 2.69 bits per heavy atom. The molecule has 0 aromatic rings. The van der Waals surface area contributed by atoms with E-state index in [0.29, 0.717) is 24.2 Å². The Balaban J connectivity index is 1.97. The fourth-order valence-electron chi connectivity index (χ4n) is 4.71. The number of aliphatic hydroxyl groups is 2. The molecule has 0 aromatic heterocycles. The molecule has 5 atom stereocenters. The zero-order chi connectivity index (χ0) is 11.4. The molecule has 3 aliphatic rings. The van der Waals surface area contributed by atoms with Gasteiger partial charge >= 0.3 is 0 Å². The lowest BCUT2D eigenvalue weighted by Gasteiger charge is -2.44. The molecular weight excluding hydrogens is 200 g/mol. The van der Waals surface area contributed by atoms with Crippen molar-refractivity contribution in [2.45, 2.75) is 56.1 Å². The normalized spacial score (nSPS) is 55.0. The minimum atomic E-state index is -0.566. The van der Waals surface area contributed by atoms with Crippen LogP contribution in [-0.2, 0) is 0 Å². The summed E-state index contributed by atoms with van der Waals surface area (Å²) in [6, 6.07) is 0. The first-order valence-corrected chi connectivity index (χ1v) is 6.64. The Morgan fingerprint density at radius 1 is 1.19 bits per heavy atom. The van der Waals surface area contributed by atoms with Crippen LogP contribution in [0.4, 0.5) is 0 Å². The van der Waals surface area contributed by atoms with Crippen molar-refractivity contribution in [1.82, 2.24) is 0 Å². The van der Waals surface area contributed by atoms with Crippen LogP contribution in [-0.4, -0.2) is 21.4 Å². The Hall–Kier alpha value is -0.340. The standard InChI is InChI=1S/C14H22O2/c1-2-5-14(16)10-4-3-6-13(15)9-12(14)8-11(13)7-10/h2,10-12,15-16H,1,3-9H2. The van der Waals surface area contributed by atoms with E-state index in [2.05, 4.69) is 6.58 Å². The first-order chi connectivity index (χ1) is 7.58. The molecule has 3 bridgehead atoms. The van der Waals surface area contributed by atoms with Gasteiger partial charge in [-0.3, -0.25) is 0 Å². The van der Waals surface area contributed by atoms with E-state index in [1.54, 1.807) is 0 Å². The highest BCUT2D eigenvalue weighted by atomic mass is 16.3. The first-order valence-electron chi connectivity index (χ1n) is 6.64. The minimum Gasteiger partial charge on any atom is -0.390 e. The average molecular weight is 222 g/mol. The molecule has 3 fully saturated rings. The summed E-state index contributed by atoms with van der Waals surface area (Å²) in [5, 5.41) is 21.6. The predicted molar refractivity (Wildman–Crippen MR) is 62.9 cm³/mol. The molecule has 3 saturated carbocycles. The van der Waals surface area contributed by atoms with Crippen molar-refractivity contribution in [2.24, 2.45) is 17.8 Å². The molecule has 0 aliphatic heterocycles. The summed E-state index contributed by atoms with van der Waals surface area (Å²) in [6.45, 7) is 3.78. The Bertz CT molecular complexity index is 310. The summed E-state index contributed by atoms with van der Waals surface area (Å²) in [5.74, 6) is 1.15. The van der Waals surface area contributed by atoms with E-state index in [1.165, 1.54) is 0 Å². The summed E-state index contributed by atoms with van der Waals surface area (Å²) >= 11 is 0. The molecular formula is C14H22O2. The third-order valence-corrected chi connectivity index (χ3v) is 5.55. The molecule has 0 radical (unpaired) electrons. The number of hydrogen-bond donors (Lipinski definition) is 2. The van der Waals surface area contributed by atoms with Crippen LogP contribution in [0.15, 0.2) is 12.7 Å². The second-order valence-corrected chi connectivity index (χ2v) is 6.25. The topological polar surface area (TPSA) is 40.5 Å². The lowest BCUT2D eigenvalue weighted by Crippen LogP contribution is -2.46. The largest absolute Gasteiger partial charge is 0.390 e. The molecule has 2 heteroatoms. The smallest absolute Gasteiger partial charge is 0.0739 e. The highest BCUT2D eigenvalue weighted by Gasteiger charge is 2.60. The molecule has 2 N–H and O–H groups in total. The van der Waals surface area contributed by atoms with Gasteiger partial charge in [0.1, 0.15) is 0 Å². The molecule has 3 rings (SSSR count). The second-order valence-electron chi connectivity index (χ2n) is 6.25. The summed E-state index contributed by atoms with van der Waals surface area (Å²) in [5.41, 5.74) is -1.02. The van der Waals surface area contributed by atoms with Crippen molar-refractivity contribution in [3.05, 3.63) is 12.7 Å². The van der Waals surface area contributed by atoms with Gasteiger partial charge in [-0.1, -0.05) is 12.5 Å². The van der Waals surface area contributed by atoms with Crippen LogP contribution in [0.3, 0.4) is 0 Å². The van der Waals surface area contributed by atoms with Gasteiger partial charge in [-0.2, -0.15) is 0 Å². The van der Waals surface area contributed by atoms with Crippen LogP contribution in [0.25, 0.3) is 0 Å². The zero-order valence-electron chi connectivity index (χ0n) is 9.86. The van der Waals surface area contributed by atoms with E-state index < -0.39 is 11.2 Å². The van der Waals surface area contributed by atoms with Gasteiger partial charge in [0.2, 0.25) is 0 Å². The summed E-state index contributed by atoms with van der Waals surface area (Å²) in [7, 11) is 0. The Kier molecular flexibility index (Phi) is 2.25. The van der Waals surface area contributed by atoms with E-state index in [9.17, 15) is 10.2 Å². The predicted octanol–water partition coefficient (Wildman–Crippen LogP) is 2.25. The van der Waals surface area contributed by atoms with Crippen LogP contribution < -0.4 is 0 Å². The summed E-state index contributed by atoms with van der Waals surface area (Å²) < 4.78 is 0. The van der Waals surface area contributed by atoms with Gasteiger partial charge in [0.25, 0.3) is 0 Å². The Labute approximate surface area is 97.4 Å². The quantitative estimate of drug-likeness (QED) is 0.704. The van der Waals surface area contributed by atoms with E-state index >= 15 is 0 Å². The van der Waals surface area contributed by atoms with Gasteiger partial charge < -0.3 is 10.2 Å². The van der Waals surface area contributed by atoms with Crippen molar-refractivity contribution in [2.75, 3.05) is 0 Å². The van der Waals surface area contributed by atoms with Gasteiger partial charge in [-0.15, -0.1) is 6.58 Å². The molecule has 16 heavy (non-hydrogen) atoms. The van der Waals surface area contributed by atoms with E-state index in [0.717, 1.165) is 38.5 Å². The minimum absolute atomic E-state index is 0.305. The van der Waals surface area contributed by atoms with Crippen LogP contribution in [0.1, 0.15) is 44.9 Å². The number of hydrogen-bond acceptors (Lipinski definition) is 2. The van der Waals surface area contributed by atoms with Crippen LogP contribution in [0, 0.1) is 17.8 Å². The monoisotopic (exact) mass is 222 g/mol.